The fraction of sp³-hybridized carbons (Fsp3) is 0.250. The number of aryl methyl sites for hydroxylation is 1. The van der Waals surface area contributed by atoms with Crippen LogP contribution in [0.5, 0.6) is 11.5 Å². The monoisotopic (exact) mass is 260 g/mol. The topological polar surface area (TPSA) is 89.1 Å². The molecule has 3 rings (SSSR count). The number of nitrogens with zero attached hydrogens (tertiary/aromatic N) is 2. The smallest absolute Gasteiger partial charge is 0.273 e. The van der Waals surface area contributed by atoms with E-state index in [1.165, 1.54) is 0 Å². The summed E-state index contributed by atoms with van der Waals surface area (Å²) >= 11 is 0. The molecule has 0 aliphatic carbocycles. The standard InChI is InChI=1S/C12H12N4O3/c1-7-11(17)14-12(16-15-7)13-5-8-2-3-9-10(4-8)19-6-18-9/h2-4H,5-6H2,1H3,(H2,13,14,16,17). The Balaban J connectivity index is 1.72. The van der Waals surface area contributed by atoms with Gasteiger partial charge in [0, 0.05) is 6.54 Å². The van der Waals surface area contributed by atoms with Gasteiger partial charge in [-0.05, 0) is 24.6 Å². The van der Waals surface area contributed by atoms with Crippen molar-refractivity contribution in [3.8, 4) is 11.5 Å². The van der Waals surface area contributed by atoms with Gasteiger partial charge in [-0.2, -0.15) is 0 Å². The molecule has 1 aromatic carbocycles. The molecule has 19 heavy (non-hydrogen) atoms. The van der Waals surface area contributed by atoms with Gasteiger partial charge in [-0.1, -0.05) is 6.07 Å². The molecule has 0 fully saturated rings. The Bertz CT molecular complexity index is 668. The van der Waals surface area contributed by atoms with Crippen LogP contribution in [0.1, 0.15) is 11.3 Å². The zero-order chi connectivity index (χ0) is 13.2. The number of hydrogen-bond donors (Lipinski definition) is 2. The predicted molar refractivity (Wildman–Crippen MR) is 67.3 cm³/mol. The summed E-state index contributed by atoms with van der Waals surface area (Å²) in [6, 6.07) is 5.65. The van der Waals surface area contributed by atoms with Gasteiger partial charge in [0.25, 0.3) is 5.56 Å². The summed E-state index contributed by atoms with van der Waals surface area (Å²) in [7, 11) is 0. The van der Waals surface area contributed by atoms with Crippen LogP contribution in [0.4, 0.5) is 5.95 Å². The van der Waals surface area contributed by atoms with E-state index in [0.717, 1.165) is 17.1 Å². The molecule has 2 heterocycles. The van der Waals surface area contributed by atoms with Gasteiger partial charge in [0.15, 0.2) is 11.5 Å². The minimum Gasteiger partial charge on any atom is -0.454 e. The van der Waals surface area contributed by atoms with Crippen LogP contribution in [0.15, 0.2) is 23.0 Å². The fourth-order valence-corrected chi connectivity index (χ4v) is 1.71. The summed E-state index contributed by atoms with van der Waals surface area (Å²) in [6.07, 6.45) is 0. The normalized spacial score (nSPS) is 12.5. The summed E-state index contributed by atoms with van der Waals surface area (Å²) in [5.74, 6) is 1.81. The number of aromatic nitrogens is 3. The molecule has 0 atom stereocenters. The third kappa shape index (κ3) is 2.35. The molecule has 0 saturated carbocycles. The van der Waals surface area contributed by atoms with Crippen LogP contribution in [-0.2, 0) is 6.54 Å². The number of nitrogens with one attached hydrogen (secondary N) is 2. The largest absolute Gasteiger partial charge is 0.454 e. The molecule has 1 aliphatic heterocycles. The van der Waals surface area contributed by atoms with Gasteiger partial charge >= 0.3 is 0 Å². The molecule has 7 nitrogen and oxygen atoms in total. The maximum absolute atomic E-state index is 11.4. The first kappa shape index (κ1) is 11.5. The van der Waals surface area contributed by atoms with Crippen molar-refractivity contribution < 1.29 is 9.47 Å². The zero-order valence-corrected chi connectivity index (χ0v) is 10.3. The van der Waals surface area contributed by atoms with Crippen LogP contribution in [-0.4, -0.2) is 22.0 Å². The summed E-state index contributed by atoms with van der Waals surface area (Å²) in [6.45, 7) is 2.36. The third-order valence-corrected chi connectivity index (χ3v) is 2.76. The summed E-state index contributed by atoms with van der Waals surface area (Å²) in [4.78, 5) is 14.0. The first-order valence-electron chi connectivity index (χ1n) is 5.78. The summed E-state index contributed by atoms with van der Waals surface area (Å²) < 4.78 is 10.5. The quantitative estimate of drug-likeness (QED) is 0.849. The minimum absolute atomic E-state index is 0.247. The molecule has 7 heteroatoms. The van der Waals surface area contributed by atoms with E-state index in [1.807, 2.05) is 18.2 Å². The summed E-state index contributed by atoms with van der Waals surface area (Å²) in [5.41, 5.74) is 1.09. The van der Waals surface area contributed by atoms with Crippen molar-refractivity contribution >= 4 is 5.95 Å². The first-order chi connectivity index (χ1) is 9.22. The average molecular weight is 260 g/mol. The predicted octanol–water partition coefficient (Wildman–Crippen LogP) is 0.814. The Morgan fingerprint density at radius 3 is 3.00 bits per heavy atom. The van der Waals surface area contributed by atoms with Crippen molar-refractivity contribution in [2.75, 3.05) is 12.1 Å². The van der Waals surface area contributed by atoms with Crippen LogP contribution < -0.4 is 20.3 Å². The van der Waals surface area contributed by atoms with Crippen molar-refractivity contribution in [1.82, 2.24) is 15.2 Å². The number of rotatable bonds is 3. The van der Waals surface area contributed by atoms with E-state index in [0.29, 0.717) is 18.2 Å². The molecule has 1 aliphatic rings. The van der Waals surface area contributed by atoms with Crippen molar-refractivity contribution in [3.63, 3.8) is 0 Å². The van der Waals surface area contributed by atoms with Crippen LogP contribution in [0.2, 0.25) is 0 Å². The van der Waals surface area contributed by atoms with Crippen molar-refractivity contribution in [1.29, 1.82) is 0 Å². The minimum atomic E-state index is -0.247. The number of anilines is 1. The second kappa shape index (κ2) is 4.60. The lowest BCUT2D eigenvalue weighted by Gasteiger charge is -2.05. The van der Waals surface area contributed by atoms with Gasteiger partial charge in [-0.25, -0.2) is 0 Å². The van der Waals surface area contributed by atoms with Crippen LogP contribution in [0.3, 0.4) is 0 Å². The lowest BCUT2D eigenvalue weighted by atomic mass is 10.2. The van der Waals surface area contributed by atoms with Gasteiger partial charge in [0.1, 0.15) is 5.69 Å². The van der Waals surface area contributed by atoms with Gasteiger partial charge in [-0.15, -0.1) is 10.2 Å². The van der Waals surface area contributed by atoms with Gasteiger partial charge in [0.05, 0.1) is 0 Å². The van der Waals surface area contributed by atoms with Crippen molar-refractivity contribution in [3.05, 3.63) is 39.8 Å². The van der Waals surface area contributed by atoms with Gasteiger partial charge in [-0.3, -0.25) is 9.78 Å². The number of ether oxygens (including phenoxy) is 2. The molecular weight excluding hydrogens is 248 g/mol. The van der Waals surface area contributed by atoms with Gasteiger partial charge in [0.2, 0.25) is 12.7 Å². The van der Waals surface area contributed by atoms with Gasteiger partial charge < -0.3 is 14.8 Å². The van der Waals surface area contributed by atoms with Crippen LogP contribution >= 0.6 is 0 Å². The maximum Gasteiger partial charge on any atom is 0.273 e. The Labute approximate surface area is 108 Å². The molecule has 0 bridgehead atoms. The molecule has 98 valence electrons. The molecule has 0 saturated heterocycles. The Morgan fingerprint density at radius 1 is 1.32 bits per heavy atom. The number of benzene rings is 1. The highest BCUT2D eigenvalue weighted by Crippen LogP contribution is 2.32. The van der Waals surface area contributed by atoms with E-state index in [4.69, 9.17) is 9.47 Å². The van der Waals surface area contributed by atoms with E-state index in [2.05, 4.69) is 20.5 Å². The lowest BCUT2D eigenvalue weighted by molar-refractivity contribution is 0.174. The average Bonchev–Trinajstić information content (AvgIpc) is 2.87. The molecule has 0 unspecified atom stereocenters. The Morgan fingerprint density at radius 2 is 2.16 bits per heavy atom. The van der Waals surface area contributed by atoms with E-state index in [1.54, 1.807) is 6.92 Å². The van der Waals surface area contributed by atoms with Crippen molar-refractivity contribution in [2.45, 2.75) is 13.5 Å². The summed E-state index contributed by atoms with van der Waals surface area (Å²) in [5, 5.41) is 10.6. The number of aromatic amines is 1. The molecule has 2 N–H and O–H groups in total. The SMILES string of the molecule is Cc1nnc(NCc2ccc3c(c2)OCO3)[nH]c1=O. The second-order valence-corrected chi connectivity index (χ2v) is 4.13. The maximum atomic E-state index is 11.4. The number of fused-ring (bicyclic) bond motifs is 1. The van der Waals surface area contributed by atoms with Crippen molar-refractivity contribution in [2.24, 2.45) is 0 Å². The zero-order valence-electron chi connectivity index (χ0n) is 10.3. The van der Waals surface area contributed by atoms with E-state index in [9.17, 15) is 4.79 Å². The molecular formula is C12H12N4O3. The Hall–Kier alpha value is -2.57. The molecule has 0 spiro atoms. The first-order valence-corrected chi connectivity index (χ1v) is 5.78. The highest BCUT2D eigenvalue weighted by molar-refractivity contribution is 5.45. The highest BCUT2D eigenvalue weighted by atomic mass is 16.7. The lowest BCUT2D eigenvalue weighted by Crippen LogP contribution is -2.16. The Kier molecular flexibility index (Phi) is 2.79. The van der Waals surface area contributed by atoms with Crippen LogP contribution in [0.25, 0.3) is 0 Å². The molecule has 0 amide bonds. The molecule has 1 aromatic heterocycles. The van der Waals surface area contributed by atoms with Crippen LogP contribution in [0, 0.1) is 6.92 Å². The highest BCUT2D eigenvalue weighted by Gasteiger charge is 2.13. The van der Waals surface area contributed by atoms with E-state index >= 15 is 0 Å². The van der Waals surface area contributed by atoms with E-state index < -0.39 is 0 Å². The number of H-pyrrole nitrogens is 1. The molecule has 0 radical (unpaired) electrons. The third-order valence-electron chi connectivity index (χ3n) is 2.76. The molecule has 2 aromatic rings. The van der Waals surface area contributed by atoms with E-state index in [-0.39, 0.29) is 12.4 Å². The fourth-order valence-electron chi connectivity index (χ4n) is 1.71. The second-order valence-electron chi connectivity index (χ2n) is 4.13. The number of hydrogen-bond acceptors (Lipinski definition) is 6.